The number of amides is 1. The summed E-state index contributed by atoms with van der Waals surface area (Å²) in [5, 5.41) is 2.93. The van der Waals surface area contributed by atoms with Gasteiger partial charge in [0, 0.05) is 15.7 Å². The van der Waals surface area contributed by atoms with E-state index < -0.39 is 0 Å². The van der Waals surface area contributed by atoms with E-state index in [9.17, 15) is 4.79 Å². The van der Waals surface area contributed by atoms with Crippen LogP contribution in [0.2, 0.25) is 0 Å². The molecule has 2 rings (SSSR count). The Morgan fingerprint density at radius 1 is 1.04 bits per heavy atom. The second-order valence-corrected chi connectivity index (χ2v) is 7.22. The first-order chi connectivity index (χ1) is 12.6. The number of anilines is 1. The monoisotopic (exact) mass is 467 g/mol. The number of ether oxygens (including phenoxy) is 2. The number of nitrogens with one attached hydrogen (secondary N) is 1. The lowest BCUT2D eigenvalue weighted by molar-refractivity contribution is -0.116. The van der Waals surface area contributed by atoms with Crippen molar-refractivity contribution < 1.29 is 14.3 Å². The summed E-state index contributed by atoms with van der Waals surface area (Å²) >= 11 is 2.24. The summed E-state index contributed by atoms with van der Waals surface area (Å²) in [5.41, 5.74) is 1.89. The molecule has 0 atom stereocenters. The first-order valence-corrected chi connectivity index (χ1v) is 10.1. The highest BCUT2D eigenvalue weighted by atomic mass is 127. The minimum Gasteiger partial charge on any atom is -0.490 e. The smallest absolute Gasteiger partial charge is 0.224 e. The molecule has 26 heavy (non-hydrogen) atoms. The molecule has 0 aromatic heterocycles. The molecule has 0 saturated heterocycles. The standard InChI is InChI=1S/C21H26INO3/c1-3-5-14-26-19-12-6-16(15-20(19)25-4-2)7-13-21(24)23-18-10-8-17(22)9-11-18/h6,8-12,15H,3-5,7,13-14H2,1-2H3,(H,23,24). The number of halogens is 1. The molecule has 1 N–H and O–H groups in total. The van der Waals surface area contributed by atoms with Crippen LogP contribution in [-0.2, 0) is 11.2 Å². The maximum absolute atomic E-state index is 12.2. The SMILES string of the molecule is CCCCOc1ccc(CCC(=O)Nc2ccc(I)cc2)cc1OCC. The van der Waals surface area contributed by atoms with Crippen molar-refractivity contribution in [3.63, 3.8) is 0 Å². The molecule has 140 valence electrons. The second-order valence-electron chi connectivity index (χ2n) is 5.97. The van der Waals surface area contributed by atoms with E-state index >= 15 is 0 Å². The fraction of sp³-hybridized carbons (Fsp3) is 0.381. The third kappa shape index (κ3) is 6.86. The summed E-state index contributed by atoms with van der Waals surface area (Å²) in [6, 6.07) is 13.7. The van der Waals surface area contributed by atoms with Gasteiger partial charge in [-0.25, -0.2) is 0 Å². The fourth-order valence-corrected chi connectivity index (χ4v) is 2.80. The number of rotatable bonds is 10. The van der Waals surface area contributed by atoms with E-state index in [1.54, 1.807) is 0 Å². The summed E-state index contributed by atoms with van der Waals surface area (Å²) in [5.74, 6) is 1.53. The average molecular weight is 467 g/mol. The summed E-state index contributed by atoms with van der Waals surface area (Å²) in [7, 11) is 0. The number of aryl methyl sites for hydroxylation is 1. The number of carbonyl (C=O) groups is 1. The fourth-order valence-electron chi connectivity index (χ4n) is 2.44. The maximum atomic E-state index is 12.2. The molecule has 0 aliphatic heterocycles. The number of unbranched alkanes of at least 4 members (excludes halogenated alkanes) is 1. The third-order valence-corrected chi connectivity index (χ3v) is 4.55. The van der Waals surface area contributed by atoms with Gasteiger partial charge in [-0.1, -0.05) is 19.4 Å². The Morgan fingerprint density at radius 2 is 1.81 bits per heavy atom. The van der Waals surface area contributed by atoms with Crippen molar-refractivity contribution in [2.75, 3.05) is 18.5 Å². The van der Waals surface area contributed by atoms with Crippen LogP contribution in [-0.4, -0.2) is 19.1 Å². The van der Waals surface area contributed by atoms with Gasteiger partial charge in [-0.05, 0) is 84.3 Å². The highest BCUT2D eigenvalue weighted by Gasteiger charge is 2.09. The van der Waals surface area contributed by atoms with Gasteiger partial charge in [0.05, 0.1) is 13.2 Å². The Balaban J connectivity index is 1.92. The molecular formula is C21H26INO3. The van der Waals surface area contributed by atoms with Gasteiger partial charge in [-0.15, -0.1) is 0 Å². The van der Waals surface area contributed by atoms with E-state index in [2.05, 4.69) is 34.8 Å². The highest BCUT2D eigenvalue weighted by molar-refractivity contribution is 14.1. The molecule has 0 radical (unpaired) electrons. The van der Waals surface area contributed by atoms with Gasteiger partial charge in [0.15, 0.2) is 11.5 Å². The largest absolute Gasteiger partial charge is 0.490 e. The van der Waals surface area contributed by atoms with Crippen LogP contribution in [0.3, 0.4) is 0 Å². The van der Waals surface area contributed by atoms with Crippen molar-refractivity contribution in [3.05, 3.63) is 51.6 Å². The number of benzene rings is 2. The second kappa shape index (κ2) is 11.1. The van der Waals surface area contributed by atoms with Crippen molar-refractivity contribution >= 4 is 34.2 Å². The minimum absolute atomic E-state index is 0.00689. The van der Waals surface area contributed by atoms with Crippen LogP contribution in [0.25, 0.3) is 0 Å². The van der Waals surface area contributed by atoms with Gasteiger partial charge in [-0.2, -0.15) is 0 Å². The van der Waals surface area contributed by atoms with Crippen molar-refractivity contribution in [2.45, 2.75) is 39.5 Å². The van der Waals surface area contributed by atoms with Gasteiger partial charge in [0.2, 0.25) is 5.91 Å². The summed E-state index contributed by atoms with van der Waals surface area (Å²) in [6.45, 7) is 5.36. The molecule has 0 unspecified atom stereocenters. The molecule has 0 bridgehead atoms. The predicted molar refractivity (Wildman–Crippen MR) is 114 cm³/mol. The molecule has 4 nitrogen and oxygen atoms in total. The van der Waals surface area contributed by atoms with Gasteiger partial charge in [-0.3, -0.25) is 4.79 Å². The maximum Gasteiger partial charge on any atom is 0.224 e. The summed E-state index contributed by atoms with van der Waals surface area (Å²) < 4.78 is 12.6. The predicted octanol–water partition coefficient (Wildman–Crippen LogP) is 5.44. The van der Waals surface area contributed by atoms with Crippen molar-refractivity contribution in [2.24, 2.45) is 0 Å². The Hall–Kier alpha value is -1.76. The van der Waals surface area contributed by atoms with Gasteiger partial charge in [0.25, 0.3) is 0 Å². The first kappa shape index (κ1) is 20.6. The van der Waals surface area contributed by atoms with Crippen molar-refractivity contribution in [1.82, 2.24) is 0 Å². The Bertz CT molecular complexity index is 701. The van der Waals surface area contributed by atoms with Gasteiger partial charge in [0.1, 0.15) is 0 Å². The Morgan fingerprint density at radius 3 is 2.50 bits per heavy atom. The van der Waals surface area contributed by atoms with Crippen LogP contribution < -0.4 is 14.8 Å². The summed E-state index contributed by atoms with van der Waals surface area (Å²) in [6.07, 6.45) is 3.20. The van der Waals surface area contributed by atoms with Crippen LogP contribution in [0.15, 0.2) is 42.5 Å². The molecule has 0 saturated carbocycles. The number of carbonyl (C=O) groups excluding carboxylic acids is 1. The molecule has 1 amide bonds. The zero-order valence-corrected chi connectivity index (χ0v) is 17.5. The van der Waals surface area contributed by atoms with E-state index in [1.165, 1.54) is 0 Å². The van der Waals surface area contributed by atoms with Gasteiger partial charge >= 0.3 is 0 Å². The lowest BCUT2D eigenvalue weighted by Crippen LogP contribution is -2.12. The molecule has 5 heteroatoms. The molecule has 0 aliphatic rings. The first-order valence-electron chi connectivity index (χ1n) is 9.06. The van der Waals surface area contributed by atoms with Crippen LogP contribution in [0.4, 0.5) is 5.69 Å². The minimum atomic E-state index is 0.00689. The number of hydrogen-bond acceptors (Lipinski definition) is 3. The zero-order valence-electron chi connectivity index (χ0n) is 15.4. The molecule has 2 aromatic rings. The van der Waals surface area contributed by atoms with Crippen molar-refractivity contribution in [3.8, 4) is 11.5 Å². The van der Waals surface area contributed by atoms with E-state index in [0.29, 0.717) is 26.1 Å². The molecular weight excluding hydrogens is 441 g/mol. The third-order valence-electron chi connectivity index (χ3n) is 3.83. The number of hydrogen-bond donors (Lipinski definition) is 1. The van der Waals surface area contributed by atoms with E-state index in [-0.39, 0.29) is 5.91 Å². The topological polar surface area (TPSA) is 47.6 Å². The Kier molecular flexibility index (Phi) is 8.74. The normalized spacial score (nSPS) is 10.4. The molecule has 0 fully saturated rings. The zero-order chi connectivity index (χ0) is 18.8. The highest BCUT2D eigenvalue weighted by Crippen LogP contribution is 2.29. The Labute approximate surface area is 169 Å². The molecule has 0 heterocycles. The summed E-state index contributed by atoms with van der Waals surface area (Å²) in [4.78, 5) is 12.2. The molecule has 0 aliphatic carbocycles. The molecule has 0 spiro atoms. The van der Waals surface area contributed by atoms with E-state index in [1.807, 2.05) is 49.4 Å². The van der Waals surface area contributed by atoms with Gasteiger partial charge < -0.3 is 14.8 Å². The van der Waals surface area contributed by atoms with E-state index in [4.69, 9.17) is 9.47 Å². The lowest BCUT2D eigenvalue weighted by Gasteiger charge is -2.13. The van der Waals surface area contributed by atoms with Crippen LogP contribution in [0.1, 0.15) is 38.7 Å². The van der Waals surface area contributed by atoms with E-state index in [0.717, 1.165) is 39.2 Å². The van der Waals surface area contributed by atoms with Crippen molar-refractivity contribution in [1.29, 1.82) is 0 Å². The van der Waals surface area contributed by atoms with Crippen LogP contribution >= 0.6 is 22.6 Å². The molecule has 2 aromatic carbocycles. The quantitative estimate of drug-likeness (QED) is 0.374. The lowest BCUT2D eigenvalue weighted by atomic mass is 10.1. The van der Waals surface area contributed by atoms with Crippen LogP contribution in [0.5, 0.6) is 11.5 Å². The average Bonchev–Trinajstić information content (AvgIpc) is 2.64. The van der Waals surface area contributed by atoms with Crippen LogP contribution in [0, 0.1) is 3.57 Å².